The van der Waals surface area contributed by atoms with E-state index >= 15 is 0 Å². The zero-order valence-electron chi connectivity index (χ0n) is 14.3. The maximum atomic E-state index is 12.0. The summed E-state index contributed by atoms with van der Waals surface area (Å²) >= 11 is 2.04. The first kappa shape index (κ1) is 18.6. The Morgan fingerprint density at radius 3 is 2.43 bits per heavy atom. The molecule has 1 amide bonds. The van der Waals surface area contributed by atoms with Gasteiger partial charge < -0.3 is 15.4 Å². The molecule has 1 fully saturated rings. The minimum atomic E-state index is -0.453. The van der Waals surface area contributed by atoms with Crippen LogP contribution in [0, 0.1) is 5.92 Å². The maximum absolute atomic E-state index is 12.0. The molecule has 21 heavy (non-hydrogen) atoms. The molecule has 1 saturated heterocycles. The van der Waals surface area contributed by atoms with Crippen molar-refractivity contribution in [2.45, 2.75) is 65.0 Å². The van der Waals surface area contributed by atoms with Gasteiger partial charge in [-0.2, -0.15) is 11.8 Å². The summed E-state index contributed by atoms with van der Waals surface area (Å²) in [5.41, 5.74) is -0.667. The van der Waals surface area contributed by atoms with Crippen molar-refractivity contribution in [3.8, 4) is 0 Å². The Kier molecular flexibility index (Phi) is 7.34. The minimum absolute atomic E-state index is 0.214. The molecular weight excluding hydrogens is 284 g/mol. The Balaban J connectivity index is 2.46. The van der Waals surface area contributed by atoms with Crippen molar-refractivity contribution in [3.63, 3.8) is 0 Å². The second-order valence-electron chi connectivity index (χ2n) is 6.97. The molecule has 0 spiro atoms. The van der Waals surface area contributed by atoms with Crippen LogP contribution >= 0.6 is 11.8 Å². The summed E-state index contributed by atoms with van der Waals surface area (Å²) in [5.74, 6) is 3.33. The quantitative estimate of drug-likeness (QED) is 0.756. The van der Waals surface area contributed by atoms with Crippen LogP contribution in [0.2, 0.25) is 0 Å². The number of carbonyl (C=O) groups excluding carboxylic acids is 1. The second kappa shape index (κ2) is 8.28. The monoisotopic (exact) mass is 316 g/mol. The summed E-state index contributed by atoms with van der Waals surface area (Å²) in [6.07, 6.45) is 2.79. The van der Waals surface area contributed by atoms with Gasteiger partial charge in [-0.05, 0) is 64.0 Å². The van der Waals surface area contributed by atoms with Crippen LogP contribution in [0.5, 0.6) is 0 Å². The summed E-state index contributed by atoms with van der Waals surface area (Å²) in [6, 6.07) is 0. The van der Waals surface area contributed by atoms with Gasteiger partial charge in [-0.3, -0.25) is 0 Å². The highest BCUT2D eigenvalue weighted by molar-refractivity contribution is 7.99. The van der Waals surface area contributed by atoms with Gasteiger partial charge >= 0.3 is 6.09 Å². The van der Waals surface area contributed by atoms with E-state index in [4.69, 9.17) is 4.74 Å². The number of carbonyl (C=O) groups is 1. The van der Waals surface area contributed by atoms with Gasteiger partial charge in [0.2, 0.25) is 0 Å². The number of alkyl carbamates (subject to hydrolysis) is 1. The third-order valence-electron chi connectivity index (χ3n) is 4.04. The molecule has 1 unspecified atom stereocenters. The van der Waals surface area contributed by atoms with E-state index in [1.807, 2.05) is 32.5 Å². The molecule has 1 aliphatic rings. The lowest BCUT2D eigenvalue weighted by Crippen LogP contribution is -2.55. The lowest BCUT2D eigenvalue weighted by atomic mass is 9.92. The van der Waals surface area contributed by atoms with Crippen molar-refractivity contribution in [3.05, 3.63) is 0 Å². The Hall–Kier alpha value is -0.420. The molecule has 4 nitrogen and oxygen atoms in total. The minimum Gasteiger partial charge on any atom is -0.444 e. The fourth-order valence-corrected chi connectivity index (χ4v) is 3.79. The highest BCUT2D eigenvalue weighted by Gasteiger charge is 2.30. The zero-order valence-corrected chi connectivity index (χ0v) is 15.1. The van der Waals surface area contributed by atoms with Gasteiger partial charge in [-0.15, -0.1) is 0 Å². The molecule has 1 heterocycles. The van der Waals surface area contributed by atoms with Crippen molar-refractivity contribution in [2.24, 2.45) is 5.92 Å². The molecule has 2 N–H and O–H groups in total. The molecule has 1 atom stereocenters. The number of hydrogen-bond acceptors (Lipinski definition) is 4. The van der Waals surface area contributed by atoms with Gasteiger partial charge in [-0.1, -0.05) is 13.8 Å². The smallest absolute Gasteiger partial charge is 0.408 e. The zero-order chi connectivity index (χ0) is 15.9. The van der Waals surface area contributed by atoms with Gasteiger partial charge in [0, 0.05) is 6.54 Å². The number of hydrogen-bond donors (Lipinski definition) is 2. The molecule has 0 saturated carbocycles. The molecular formula is C16H32N2O2S. The van der Waals surface area contributed by atoms with Gasteiger partial charge in [0.15, 0.2) is 0 Å². The van der Waals surface area contributed by atoms with Crippen molar-refractivity contribution < 1.29 is 9.53 Å². The number of amides is 1. The highest BCUT2D eigenvalue weighted by Crippen LogP contribution is 2.23. The average Bonchev–Trinajstić information content (AvgIpc) is 2.88. The van der Waals surface area contributed by atoms with E-state index in [1.54, 1.807) is 0 Å². The van der Waals surface area contributed by atoms with Crippen LogP contribution in [0.25, 0.3) is 0 Å². The van der Waals surface area contributed by atoms with Gasteiger partial charge in [0.05, 0.1) is 5.54 Å². The van der Waals surface area contributed by atoms with Crippen LogP contribution < -0.4 is 10.6 Å². The van der Waals surface area contributed by atoms with Crippen LogP contribution in [0.1, 0.15) is 53.9 Å². The summed E-state index contributed by atoms with van der Waals surface area (Å²) in [6.45, 7) is 11.8. The second-order valence-corrected chi connectivity index (χ2v) is 8.12. The summed E-state index contributed by atoms with van der Waals surface area (Å²) in [4.78, 5) is 12.0. The maximum Gasteiger partial charge on any atom is 0.408 e. The van der Waals surface area contributed by atoms with Crippen molar-refractivity contribution in [1.82, 2.24) is 10.6 Å². The predicted molar refractivity (Wildman–Crippen MR) is 91.0 cm³/mol. The van der Waals surface area contributed by atoms with Crippen molar-refractivity contribution in [1.29, 1.82) is 0 Å². The van der Waals surface area contributed by atoms with E-state index in [0.29, 0.717) is 0 Å². The molecule has 5 heteroatoms. The van der Waals surface area contributed by atoms with Crippen LogP contribution in [0.15, 0.2) is 0 Å². The van der Waals surface area contributed by atoms with E-state index in [-0.39, 0.29) is 11.6 Å². The number of ether oxygens (including phenoxy) is 1. The highest BCUT2D eigenvalue weighted by atomic mass is 32.2. The van der Waals surface area contributed by atoms with E-state index in [0.717, 1.165) is 31.8 Å². The topological polar surface area (TPSA) is 50.4 Å². The standard InChI is InChI=1S/C16H32N2O2S/c1-6-16(7-2,18-14(19)20-15(3,4)5)12-17-10-13-8-9-21-11-13/h13,17H,6-12H2,1-5H3,(H,18,19). The largest absolute Gasteiger partial charge is 0.444 e. The van der Waals surface area contributed by atoms with E-state index in [9.17, 15) is 4.79 Å². The first-order valence-electron chi connectivity index (χ1n) is 8.10. The fourth-order valence-electron chi connectivity index (χ4n) is 2.50. The van der Waals surface area contributed by atoms with Crippen LogP contribution in [-0.2, 0) is 4.74 Å². The Morgan fingerprint density at radius 1 is 1.29 bits per heavy atom. The first-order valence-corrected chi connectivity index (χ1v) is 9.25. The normalized spacial score (nSPS) is 19.6. The Bertz CT molecular complexity index is 319. The molecule has 1 aliphatic heterocycles. The summed E-state index contributed by atoms with van der Waals surface area (Å²) in [7, 11) is 0. The summed E-state index contributed by atoms with van der Waals surface area (Å²) in [5, 5.41) is 6.64. The van der Waals surface area contributed by atoms with E-state index in [2.05, 4.69) is 24.5 Å². The van der Waals surface area contributed by atoms with Gasteiger partial charge in [-0.25, -0.2) is 4.79 Å². The third kappa shape index (κ3) is 6.92. The molecule has 0 aromatic rings. The van der Waals surface area contributed by atoms with E-state index in [1.165, 1.54) is 17.9 Å². The third-order valence-corrected chi connectivity index (χ3v) is 5.27. The average molecular weight is 317 g/mol. The predicted octanol–water partition coefficient (Wildman–Crippen LogP) is 3.41. The van der Waals surface area contributed by atoms with Gasteiger partial charge in [0.1, 0.15) is 5.60 Å². The lowest BCUT2D eigenvalue weighted by Gasteiger charge is -2.34. The molecule has 0 aromatic carbocycles. The first-order chi connectivity index (χ1) is 9.80. The molecule has 0 bridgehead atoms. The Morgan fingerprint density at radius 2 is 1.95 bits per heavy atom. The fraction of sp³-hybridized carbons (Fsp3) is 0.938. The molecule has 1 rings (SSSR count). The molecule has 0 aromatic heterocycles. The number of nitrogens with one attached hydrogen (secondary N) is 2. The number of rotatable bonds is 7. The Labute approximate surface area is 134 Å². The lowest BCUT2D eigenvalue weighted by molar-refractivity contribution is 0.0445. The van der Waals surface area contributed by atoms with Crippen molar-refractivity contribution >= 4 is 17.9 Å². The number of thioether (sulfide) groups is 1. The van der Waals surface area contributed by atoms with Crippen LogP contribution in [0.3, 0.4) is 0 Å². The molecule has 0 radical (unpaired) electrons. The van der Waals surface area contributed by atoms with Crippen LogP contribution in [-0.4, -0.2) is 41.8 Å². The van der Waals surface area contributed by atoms with Gasteiger partial charge in [0.25, 0.3) is 0 Å². The van der Waals surface area contributed by atoms with Crippen molar-refractivity contribution in [2.75, 3.05) is 24.6 Å². The molecule has 0 aliphatic carbocycles. The SMILES string of the molecule is CCC(CC)(CNCC1CCSC1)NC(=O)OC(C)(C)C. The van der Waals surface area contributed by atoms with E-state index < -0.39 is 5.60 Å². The summed E-state index contributed by atoms with van der Waals surface area (Å²) < 4.78 is 5.40. The van der Waals surface area contributed by atoms with Crippen LogP contribution in [0.4, 0.5) is 4.79 Å². The molecule has 124 valence electrons.